The first kappa shape index (κ1) is 16.0. The van der Waals surface area contributed by atoms with Crippen molar-refractivity contribution in [2.24, 2.45) is 0 Å². The first-order chi connectivity index (χ1) is 8.99. The van der Waals surface area contributed by atoms with Crippen LogP contribution in [0.4, 0.5) is 0 Å². The van der Waals surface area contributed by atoms with Gasteiger partial charge < -0.3 is 10.1 Å². The molecule has 1 aromatic rings. The molecule has 2 atom stereocenters. The first-order valence-corrected chi connectivity index (χ1v) is 7.74. The number of carbonyl (C=O) groups excluding carboxylic acids is 2. The van der Waals surface area contributed by atoms with Crippen LogP contribution >= 0.6 is 27.7 Å². The van der Waals surface area contributed by atoms with Crippen LogP contribution in [0.5, 0.6) is 0 Å². The van der Waals surface area contributed by atoms with Crippen molar-refractivity contribution in [2.45, 2.75) is 18.2 Å². The van der Waals surface area contributed by atoms with Crippen LogP contribution in [0, 0.1) is 0 Å². The van der Waals surface area contributed by atoms with Crippen LogP contribution in [0.3, 0.4) is 0 Å². The van der Waals surface area contributed by atoms with Gasteiger partial charge in [0.2, 0.25) is 5.91 Å². The number of nitrogens with one attached hydrogen (secondary N) is 1. The molecule has 0 bridgehead atoms. The summed E-state index contributed by atoms with van der Waals surface area (Å²) in [6, 6.07) is 6.40. The Morgan fingerprint density at radius 2 is 1.89 bits per heavy atom. The average molecular weight is 346 g/mol. The lowest BCUT2D eigenvalue weighted by Crippen LogP contribution is -2.38. The maximum atomic E-state index is 11.9. The minimum atomic E-state index is -0.778. The normalized spacial score (nSPS) is 13.5. The van der Waals surface area contributed by atoms with Gasteiger partial charge >= 0.3 is 5.97 Å². The Hall–Kier alpha value is -1.01. The van der Waals surface area contributed by atoms with Gasteiger partial charge in [-0.15, -0.1) is 0 Å². The van der Waals surface area contributed by atoms with Crippen LogP contribution < -0.4 is 5.32 Å². The van der Waals surface area contributed by atoms with Crippen LogP contribution in [-0.4, -0.2) is 30.5 Å². The van der Waals surface area contributed by atoms with Gasteiger partial charge in [0.15, 0.2) is 6.04 Å². The third kappa shape index (κ3) is 4.54. The van der Waals surface area contributed by atoms with Crippen LogP contribution in [-0.2, 0) is 14.3 Å². The largest absolute Gasteiger partial charge is 0.467 e. The molecule has 0 saturated carbocycles. The van der Waals surface area contributed by atoms with Crippen molar-refractivity contribution in [3.63, 3.8) is 0 Å². The van der Waals surface area contributed by atoms with E-state index in [9.17, 15) is 9.59 Å². The Kier molecular flexibility index (Phi) is 6.37. The highest BCUT2D eigenvalue weighted by Crippen LogP contribution is 2.19. The molecule has 0 aliphatic rings. The molecular formula is C13H16BrNO3S. The molecular weight excluding hydrogens is 330 g/mol. The summed E-state index contributed by atoms with van der Waals surface area (Å²) >= 11 is 4.75. The number of carbonyl (C=O) groups is 2. The predicted molar refractivity (Wildman–Crippen MR) is 80.0 cm³/mol. The maximum absolute atomic E-state index is 11.9. The highest BCUT2D eigenvalue weighted by molar-refractivity contribution is 9.10. The minimum absolute atomic E-state index is 0.189. The fraction of sp³-hybridized carbons (Fsp3) is 0.385. The lowest BCUT2D eigenvalue weighted by molar-refractivity contribution is -0.145. The molecule has 1 amide bonds. The fourth-order valence-electron chi connectivity index (χ4n) is 1.42. The second-order valence-electron chi connectivity index (χ2n) is 3.89. The highest BCUT2D eigenvalue weighted by Gasteiger charge is 2.25. The van der Waals surface area contributed by atoms with E-state index in [2.05, 4.69) is 21.2 Å². The third-order valence-electron chi connectivity index (χ3n) is 2.65. The zero-order valence-corrected chi connectivity index (χ0v) is 13.4. The summed E-state index contributed by atoms with van der Waals surface area (Å²) in [6.07, 6.45) is 1.84. The number of benzene rings is 1. The second kappa shape index (κ2) is 7.55. The number of hydrogen-bond acceptors (Lipinski definition) is 4. The monoisotopic (exact) mass is 345 g/mol. The van der Waals surface area contributed by atoms with E-state index in [1.54, 1.807) is 19.1 Å². The molecule has 1 N–H and O–H groups in total. The van der Waals surface area contributed by atoms with Crippen LogP contribution in [0.15, 0.2) is 28.7 Å². The summed E-state index contributed by atoms with van der Waals surface area (Å²) in [5.41, 5.74) is 0.691. The van der Waals surface area contributed by atoms with Gasteiger partial charge in [-0.1, -0.05) is 28.1 Å². The Labute approximate surface area is 125 Å². The molecule has 0 spiro atoms. The SMILES string of the molecule is COC(=O)[C@@H](NC(=O)[C@@H](C)SC)c1ccc(Br)cc1. The van der Waals surface area contributed by atoms with E-state index in [0.29, 0.717) is 5.56 Å². The van der Waals surface area contributed by atoms with E-state index in [-0.39, 0.29) is 11.2 Å². The van der Waals surface area contributed by atoms with E-state index in [0.717, 1.165) is 4.47 Å². The van der Waals surface area contributed by atoms with Crippen molar-refractivity contribution in [1.82, 2.24) is 5.32 Å². The molecule has 0 heterocycles. The third-order valence-corrected chi connectivity index (χ3v) is 4.10. The predicted octanol–water partition coefficient (Wildman–Crippen LogP) is 2.53. The van der Waals surface area contributed by atoms with Gasteiger partial charge in [-0.3, -0.25) is 4.79 Å². The van der Waals surface area contributed by atoms with Crippen molar-refractivity contribution in [1.29, 1.82) is 0 Å². The lowest BCUT2D eigenvalue weighted by Gasteiger charge is -2.18. The summed E-state index contributed by atoms with van der Waals surface area (Å²) in [7, 11) is 1.30. The Bertz CT molecular complexity index is 450. The minimum Gasteiger partial charge on any atom is -0.467 e. The smallest absolute Gasteiger partial charge is 0.333 e. The summed E-state index contributed by atoms with van der Waals surface area (Å²) in [6.45, 7) is 1.79. The van der Waals surface area contributed by atoms with Crippen LogP contribution in [0.2, 0.25) is 0 Å². The number of hydrogen-bond donors (Lipinski definition) is 1. The molecule has 1 aromatic carbocycles. The molecule has 0 saturated heterocycles. The molecule has 0 aliphatic heterocycles. The fourth-order valence-corrected chi connectivity index (χ4v) is 1.96. The van der Waals surface area contributed by atoms with Crippen molar-refractivity contribution in [3.8, 4) is 0 Å². The van der Waals surface area contributed by atoms with Gasteiger partial charge in [0, 0.05) is 4.47 Å². The molecule has 19 heavy (non-hydrogen) atoms. The molecule has 0 aromatic heterocycles. The molecule has 104 valence electrons. The molecule has 0 aliphatic carbocycles. The second-order valence-corrected chi connectivity index (χ2v) is 5.99. The van der Waals surface area contributed by atoms with Crippen molar-refractivity contribution in [2.75, 3.05) is 13.4 Å². The number of methoxy groups -OCH3 is 1. The number of rotatable bonds is 5. The highest BCUT2D eigenvalue weighted by atomic mass is 79.9. The van der Waals surface area contributed by atoms with Crippen molar-refractivity contribution in [3.05, 3.63) is 34.3 Å². The number of thioether (sulfide) groups is 1. The van der Waals surface area contributed by atoms with Crippen LogP contribution in [0.1, 0.15) is 18.5 Å². The van der Waals surface area contributed by atoms with Crippen molar-refractivity contribution >= 4 is 39.6 Å². The number of ether oxygens (including phenoxy) is 1. The quantitative estimate of drug-likeness (QED) is 0.833. The van der Waals surface area contributed by atoms with E-state index in [1.165, 1.54) is 18.9 Å². The lowest BCUT2D eigenvalue weighted by atomic mass is 10.1. The number of amides is 1. The van der Waals surface area contributed by atoms with Gasteiger partial charge in [-0.05, 0) is 30.9 Å². The zero-order chi connectivity index (χ0) is 14.4. The number of esters is 1. The molecule has 0 radical (unpaired) electrons. The summed E-state index contributed by atoms with van der Waals surface area (Å²) in [5, 5.41) is 2.48. The Morgan fingerprint density at radius 1 is 1.32 bits per heavy atom. The zero-order valence-electron chi connectivity index (χ0n) is 11.0. The van der Waals surface area contributed by atoms with E-state index >= 15 is 0 Å². The summed E-state index contributed by atoms with van der Waals surface area (Å²) in [5.74, 6) is -0.671. The van der Waals surface area contributed by atoms with Gasteiger partial charge in [0.05, 0.1) is 12.4 Å². The Morgan fingerprint density at radius 3 is 2.37 bits per heavy atom. The van der Waals surface area contributed by atoms with Gasteiger partial charge in [-0.25, -0.2) is 4.79 Å². The molecule has 1 rings (SSSR count). The maximum Gasteiger partial charge on any atom is 0.333 e. The van der Waals surface area contributed by atoms with Gasteiger partial charge in [0.25, 0.3) is 0 Å². The molecule has 4 nitrogen and oxygen atoms in total. The van der Waals surface area contributed by atoms with E-state index in [4.69, 9.17) is 4.74 Å². The van der Waals surface area contributed by atoms with E-state index in [1.807, 2.05) is 18.4 Å². The van der Waals surface area contributed by atoms with Gasteiger partial charge in [-0.2, -0.15) is 11.8 Å². The van der Waals surface area contributed by atoms with Gasteiger partial charge in [0.1, 0.15) is 0 Å². The van der Waals surface area contributed by atoms with Crippen LogP contribution in [0.25, 0.3) is 0 Å². The van der Waals surface area contributed by atoms with Crippen molar-refractivity contribution < 1.29 is 14.3 Å². The molecule has 0 fully saturated rings. The molecule has 6 heteroatoms. The summed E-state index contributed by atoms with van der Waals surface area (Å²) in [4.78, 5) is 23.7. The standard InChI is InChI=1S/C13H16BrNO3S/c1-8(19-3)12(16)15-11(13(17)18-2)9-4-6-10(14)7-5-9/h4-8,11H,1-3H3,(H,15,16)/t8-,11+/m1/s1. The first-order valence-electron chi connectivity index (χ1n) is 5.66. The Balaban J connectivity index is 2.92. The average Bonchev–Trinajstić information content (AvgIpc) is 2.43. The molecule has 0 unspecified atom stereocenters. The number of halogens is 1. The topological polar surface area (TPSA) is 55.4 Å². The summed E-state index contributed by atoms with van der Waals surface area (Å²) < 4.78 is 5.65. The van der Waals surface area contributed by atoms with E-state index < -0.39 is 12.0 Å².